The summed E-state index contributed by atoms with van der Waals surface area (Å²) in [6, 6.07) is 7.74. The van der Waals surface area contributed by atoms with Crippen LogP contribution in [0, 0.1) is 5.92 Å². The molecule has 1 saturated carbocycles. The van der Waals surface area contributed by atoms with Crippen molar-refractivity contribution in [1.29, 1.82) is 0 Å². The maximum Gasteiger partial charge on any atom is 0.249 e. The van der Waals surface area contributed by atoms with E-state index in [9.17, 15) is 4.79 Å². The Morgan fingerprint density at radius 1 is 1.30 bits per heavy atom. The van der Waals surface area contributed by atoms with Crippen LogP contribution in [0.25, 0.3) is 11.4 Å². The third-order valence-electron chi connectivity index (χ3n) is 3.58. The number of nitrogens with zero attached hydrogens (tertiary/aromatic N) is 2. The van der Waals surface area contributed by atoms with Crippen LogP contribution in [-0.4, -0.2) is 21.1 Å². The fraction of sp³-hybridized carbons (Fsp3) is 0.357. The number of aromatic amines is 1. The summed E-state index contributed by atoms with van der Waals surface area (Å²) < 4.78 is 0.935. The number of hydrogen-bond acceptors (Lipinski definition) is 3. The van der Waals surface area contributed by atoms with E-state index in [0.29, 0.717) is 11.8 Å². The highest BCUT2D eigenvalue weighted by Crippen LogP contribution is 2.27. The molecule has 0 radical (unpaired) electrons. The van der Waals surface area contributed by atoms with Crippen molar-refractivity contribution < 1.29 is 4.79 Å². The Morgan fingerprint density at radius 3 is 2.80 bits per heavy atom. The van der Waals surface area contributed by atoms with Gasteiger partial charge < -0.3 is 0 Å². The standard InChI is InChI=1S/C14H15BrN4O/c15-11-8-4-3-7-10(11)12-16-14(19-18-12)17-13(20)9-5-1-2-6-9/h3-4,7-9H,1-2,5-6H2,(H2,16,17,18,19,20). The summed E-state index contributed by atoms with van der Waals surface area (Å²) in [4.78, 5) is 16.3. The van der Waals surface area contributed by atoms with Gasteiger partial charge in [-0.2, -0.15) is 4.98 Å². The molecular weight excluding hydrogens is 320 g/mol. The molecule has 1 aliphatic rings. The van der Waals surface area contributed by atoms with Crippen LogP contribution in [-0.2, 0) is 4.79 Å². The van der Waals surface area contributed by atoms with Crippen molar-refractivity contribution in [2.24, 2.45) is 5.92 Å². The average molecular weight is 335 g/mol. The first-order valence-corrected chi connectivity index (χ1v) is 7.51. The third-order valence-corrected chi connectivity index (χ3v) is 4.27. The first-order chi connectivity index (χ1) is 9.74. The van der Waals surface area contributed by atoms with E-state index in [1.54, 1.807) is 0 Å². The molecule has 0 bridgehead atoms. The molecular formula is C14H15BrN4O. The summed E-state index contributed by atoms with van der Waals surface area (Å²) in [5.41, 5.74) is 0.918. The fourth-order valence-electron chi connectivity index (χ4n) is 2.49. The van der Waals surface area contributed by atoms with Crippen LogP contribution in [0.3, 0.4) is 0 Å². The molecule has 1 aliphatic carbocycles. The van der Waals surface area contributed by atoms with Crippen molar-refractivity contribution in [3.05, 3.63) is 28.7 Å². The number of carbonyl (C=O) groups excluding carboxylic acids is 1. The number of halogens is 1. The average Bonchev–Trinajstić information content (AvgIpc) is 3.10. The highest BCUT2D eigenvalue weighted by atomic mass is 79.9. The van der Waals surface area contributed by atoms with Gasteiger partial charge in [-0.05, 0) is 18.9 Å². The minimum Gasteiger partial charge on any atom is -0.293 e. The lowest BCUT2D eigenvalue weighted by Gasteiger charge is -2.06. The van der Waals surface area contributed by atoms with Crippen LogP contribution >= 0.6 is 15.9 Å². The number of anilines is 1. The second kappa shape index (κ2) is 5.75. The summed E-state index contributed by atoms with van der Waals surface area (Å²) in [6.45, 7) is 0. The molecule has 2 N–H and O–H groups in total. The van der Waals surface area contributed by atoms with Crippen LogP contribution in [0.2, 0.25) is 0 Å². The van der Waals surface area contributed by atoms with Crippen molar-refractivity contribution in [2.75, 3.05) is 5.32 Å². The van der Waals surface area contributed by atoms with Gasteiger partial charge in [-0.1, -0.05) is 47.0 Å². The molecule has 0 spiro atoms. The van der Waals surface area contributed by atoms with E-state index < -0.39 is 0 Å². The molecule has 5 nitrogen and oxygen atoms in total. The Kier molecular flexibility index (Phi) is 3.82. The molecule has 6 heteroatoms. The highest BCUT2D eigenvalue weighted by molar-refractivity contribution is 9.10. The largest absolute Gasteiger partial charge is 0.293 e. The molecule has 1 amide bonds. The number of benzene rings is 1. The van der Waals surface area contributed by atoms with E-state index in [1.165, 1.54) is 0 Å². The second-order valence-electron chi connectivity index (χ2n) is 4.96. The summed E-state index contributed by atoms with van der Waals surface area (Å²) in [5, 5.41) is 9.69. The van der Waals surface area contributed by atoms with E-state index in [4.69, 9.17) is 0 Å². The molecule has 2 aromatic rings. The smallest absolute Gasteiger partial charge is 0.249 e. The maximum absolute atomic E-state index is 12.0. The SMILES string of the molecule is O=C(Nc1n[nH]c(-c2ccccc2Br)n1)C1CCCC1. The second-order valence-corrected chi connectivity index (χ2v) is 5.81. The maximum atomic E-state index is 12.0. The van der Waals surface area contributed by atoms with Gasteiger partial charge in [0.15, 0.2) is 5.82 Å². The Bertz CT molecular complexity index is 619. The van der Waals surface area contributed by atoms with Gasteiger partial charge in [0.25, 0.3) is 0 Å². The number of rotatable bonds is 3. The van der Waals surface area contributed by atoms with Crippen molar-refractivity contribution >= 4 is 27.8 Å². The number of nitrogens with one attached hydrogen (secondary N) is 2. The zero-order chi connectivity index (χ0) is 13.9. The first-order valence-electron chi connectivity index (χ1n) is 6.72. The number of aromatic nitrogens is 3. The summed E-state index contributed by atoms with van der Waals surface area (Å²) in [6.07, 6.45) is 4.20. The predicted molar refractivity (Wildman–Crippen MR) is 80.1 cm³/mol. The van der Waals surface area contributed by atoms with Crippen LogP contribution in [0.15, 0.2) is 28.7 Å². The lowest BCUT2D eigenvalue weighted by Crippen LogP contribution is -2.20. The molecule has 1 aromatic heterocycles. The van der Waals surface area contributed by atoms with Crippen molar-refractivity contribution in [1.82, 2.24) is 15.2 Å². The molecule has 20 heavy (non-hydrogen) atoms. The van der Waals surface area contributed by atoms with Crippen molar-refractivity contribution in [3.63, 3.8) is 0 Å². The molecule has 3 rings (SSSR count). The Labute approximate surface area is 125 Å². The van der Waals surface area contributed by atoms with Gasteiger partial charge in [-0.15, -0.1) is 5.10 Å². The van der Waals surface area contributed by atoms with E-state index in [0.717, 1.165) is 35.7 Å². The summed E-state index contributed by atoms with van der Waals surface area (Å²) in [7, 11) is 0. The van der Waals surface area contributed by atoms with E-state index >= 15 is 0 Å². The van der Waals surface area contributed by atoms with Gasteiger partial charge in [-0.25, -0.2) is 0 Å². The molecule has 0 saturated heterocycles. The van der Waals surface area contributed by atoms with Gasteiger partial charge in [0, 0.05) is 16.0 Å². The van der Waals surface area contributed by atoms with E-state index in [2.05, 4.69) is 36.4 Å². The normalized spacial score (nSPS) is 15.4. The molecule has 1 heterocycles. The Hall–Kier alpha value is -1.69. The van der Waals surface area contributed by atoms with Crippen molar-refractivity contribution in [3.8, 4) is 11.4 Å². The Balaban J connectivity index is 1.74. The van der Waals surface area contributed by atoms with Crippen LogP contribution in [0.1, 0.15) is 25.7 Å². The lowest BCUT2D eigenvalue weighted by molar-refractivity contribution is -0.119. The van der Waals surface area contributed by atoms with Gasteiger partial charge in [0.05, 0.1) is 0 Å². The molecule has 0 unspecified atom stereocenters. The number of amides is 1. The first kappa shape index (κ1) is 13.3. The van der Waals surface area contributed by atoms with Gasteiger partial charge in [-0.3, -0.25) is 15.2 Å². The van der Waals surface area contributed by atoms with E-state index in [1.807, 2.05) is 24.3 Å². The molecule has 104 valence electrons. The molecule has 1 aromatic carbocycles. The van der Waals surface area contributed by atoms with Crippen LogP contribution in [0.5, 0.6) is 0 Å². The predicted octanol–water partition coefficient (Wildman–Crippen LogP) is 3.36. The lowest BCUT2D eigenvalue weighted by atomic mass is 10.1. The minimum absolute atomic E-state index is 0.0279. The summed E-state index contributed by atoms with van der Waals surface area (Å²) >= 11 is 3.47. The number of carbonyl (C=O) groups is 1. The van der Waals surface area contributed by atoms with Crippen LogP contribution < -0.4 is 5.32 Å². The van der Waals surface area contributed by atoms with Gasteiger partial charge in [0.1, 0.15) is 0 Å². The fourth-order valence-corrected chi connectivity index (χ4v) is 2.96. The molecule has 1 fully saturated rings. The molecule has 0 atom stereocenters. The quantitative estimate of drug-likeness (QED) is 0.903. The van der Waals surface area contributed by atoms with E-state index in [-0.39, 0.29) is 11.8 Å². The van der Waals surface area contributed by atoms with Crippen LogP contribution in [0.4, 0.5) is 5.95 Å². The van der Waals surface area contributed by atoms with Crippen molar-refractivity contribution in [2.45, 2.75) is 25.7 Å². The highest BCUT2D eigenvalue weighted by Gasteiger charge is 2.23. The topological polar surface area (TPSA) is 70.7 Å². The van der Waals surface area contributed by atoms with Gasteiger partial charge in [0.2, 0.25) is 11.9 Å². The number of hydrogen-bond donors (Lipinski definition) is 2. The third kappa shape index (κ3) is 2.75. The number of H-pyrrole nitrogens is 1. The zero-order valence-corrected chi connectivity index (χ0v) is 12.5. The monoisotopic (exact) mass is 334 g/mol. The Morgan fingerprint density at radius 2 is 2.05 bits per heavy atom. The zero-order valence-electron chi connectivity index (χ0n) is 10.9. The van der Waals surface area contributed by atoms with Gasteiger partial charge >= 0.3 is 0 Å². The molecule has 0 aliphatic heterocycles. The minimum atomic E-state index is 0.0279. The summed E-state index contributed by atoms with van der Waals surface area (Å²) in [5.74, 6) is 1.12.